The first-order chi connectivity index (χ1) is 10.9. The monoisotopic (exact) mass is 332 g/mol. The summed E-state index contributed by atoms with van der Waals surface area (Å²) in [5, 5.41) is 21.8. The lowest BCUT2D eigenvalue weighted by atomic mass is 9.81. The van der Waals surface area contributed by atoms with Crippen LogP contribution < -0.4 is 0 Å². The second-order valence-electron chi connectivity index (χ2n) is 8.91. The first-order valence-corrected chi connectivity index (χ1v) is 8.87. The van der Waals surface area contributed by atoms with Gasteiger partial charge in [-0.1, -0.05) is 20.8 Å². The maximum atomic E-state index is 13.0. The standard InChI is InChI=1S/C20H28O4/c1-11-8-14-13(18(14,3)4)6-7-19(5,23)10-15-16(21)12(2)9-20(15,24)17(11)22/h9-11,13-14,23-24H,6-8H2,1-5H3/b15-10-/t11-,13+,14-,19+,20-/m1/s1. The van der Waals surface area contributed by atoms with Crippen LogP contribution in [0.5, 0.6) is 0 Å². The molecule has 0 unspecified atom stereocenters. The van der Waals surface area contributed by atoms with Gasteiger partial charge in [0.2, 0.25) is 0 Å². The molecule has 0 heterocycles. The fourth-order valence-corrected chi connectivity index (χ4v) is 4.81. The van der Waals surface area contributed by atoms with Crippen molar-refractivity contribution in [3.8, 4) is 0 Å². The molecule has 0 aromatic rings. The molecule has 0 amide bonds. The number of ketones is 2. The number of carbonyl (C=O) groups is 2. The molecule has 4 nitrogen and oxygen atoms in total. The molecular weight excluding hydrogens is 304 g/mol. The Kier molecular flexibility index (Phi) is 3.75. The van der Waals surface area contributed by atoms with Crippen molar-refractivity contribution in [1.82, 2.24) is 0 Å². The molecule has 1 saturated carbocycles. The predicted molar refractivity (Wildman–Crippen MR) is 91.2 cm³/mol. The SMILES string of the molecule is CC1=C[C@]2(O)C(=O)[C@H](C)C[C@@H]3[C@H](CC[C@](C)(O)/C=C\2C1=O)C3(C)C. The molecule has 3 aliphatic carbocycles. The molecule has 3 rings (SSSR count). The normalized spacial score (nSPS) is 47.0. The highest BCUT2D eigenvalue weighted by atomic mass is 16.3. The zero-order chi connectivity index (χ0) is 18.1. The molecule has 0 spiro atoms. The van der Waals surface area contributed by atoms with E-state index in [0.29, 0.717) is 23.8 Å². The van der Waals surface area contributed by atoms with Gasteiger partial charge in [-0.15, -0.1) is 0 Å². The van der Waals surface area contributed by atoms with Gasteiger partial charge in [-0.05, 0) is 68.1 Å². The van der Waals surface area contributed by atoms with E-state index in [9.17, 15) is 19.8 Å². The van der Waals surface area contributed by atoms with E-state index in [1.54, 1.807) is 13.8 Å². The summed E-state index contributed by atoms with van der Waals surface area (Å²) in [4.78, 5) is 25.4. The second kappa shape index (κ2) is 5.12. The van der Waals surface area contributed by atoms with Crippen molar-refractivity contribution in [2.45, 2.75) is 65.1 Å². The molecule has 3 aliphatic rings. The van der Waals surface area contributed by atoms with E-state index >= 15 is 0 Å². The van der Waals surface area contributed by atoms with Crippen LogP contribution in [0.1, 0.15) is 53.9 Å². The summed E-state index contributed by atoms with van der Waals surface area (Å²) >= 11 is 0. The second-order valence-corrected chi connectivity index (χ2v) is 8.91. The fraction of sp³-hybridized carbons (Fsp3) is 0.700. The topological polar surface area (TPSA) is 74.6 Å². The molecule has 4 heteroatoms. The van der Waals surface area contributed by atoms with Crippen LogP contribution in [-0.4, -0.2) is 33.0 Å². The Morgan fingerprint density at radius 1 is 1.08 bits per heavy atom. The van der Waals surface area contributed by atoms with Gasteiger partial charge in [0.05, 0.1) is 5.60 Å². The number of carbonyl (C=O) groups excluding carboxylic acids is 2. The zero-order valence-corrected chi connectivity index (χ0v) is 15.2. The average Bonchev–Trinajstić information content (AvgIpc) is 2.91. The van der Waals surface area contributed by atoms with Gasteiger partial charge < -0.3 is 10.2 Å². The summed E-state index contributed by atoms with van der Waals surface area (Å²) < 4.78 is 0. The molecule has 0 aromatic carbocycles. The van der Waals surface area contributed by atoms with E-state index in [0.717, 1.165) is 12.8 Å². The summed E-state index contributed by atoms with van der Waals surface area (Å²) in [6.07, 6.45) is 4.88. The van der Waals surface area contributed by atoms with Crippen molar-refractivity contribution in [2.75, 3.05) is 0 Å². The van der Waals surface area contributed by atoms with Crippen LogP contribution in [0.15, 0.2) is 23.3 Å². The molecule has 0 saturated heterocycles. The average molecular weight is 332 g/mol. The first kappa shape index (κ1) is 17.6. The summed E-state index contributed by atoms with van der Waals surface area (Å²) in [6, 6.07) is 0. The molecule has 24 heavy (non-hydrogen) atoms. The summed E-state index contributed by atoms with van der Waals surface area (Å²) in [5.41, 5.74) is -2.56. The van der Waals surface area contributed by atoms with Crippen LogP contribution in [-0.2, 0) is 9.59 Å². The van der Waals surface area contributed by atoms with E-state index in [1.165, 1.54) is 12.2 Å². The number of allylic oxidation sites excluding steroid dienone is 1. The van der Waals surface area contributed by atoms with Crippen LogP contribution in [0.3, 0.4) is 0 Å². The Labute approximate surface area is 143 Å². The quantitative estimate of drug-likeness (QED) is 0.715. The van der Waals surface area contributed by atoms with Gasteiger partial charge in [0.25, 0.3) is 0 Å². The zero-order valence-electron chi connectivity index (χ0n) is 15.2. The summed E-state index contributed by atoms with van der Waals surface area (Å²) in [7, 11) is 0. The third-order valence-corrected chi connectivity index (χ3v) is 6.57. The number of hydrogen-bond acceptors (Lipinski definition) is 4. The minimum atomic E-state index is -1.90. The Hall–Kier alpha value is -1.26. The largest absolute Gasteiger partial charge is 0.386 e. The first-order valence-electron chi connectivity index (χ1n) is 8.87. The Balaban J connectivity index is 2.06. The Bertz CT molecular complexity index is 667. The van der Waals surface area contributed by atoms with Crippen molar-refractivity contribution < 1.29 is 19.8 Å². The number of rotatable bonds is 0. The molecule has 0 aromatic heterocycles. The van der Waals surface area contributed by atoms with Crippen LogP contribution in [0.2, 0.25) is 0 Å². The van der Waals surface area contributed by atoms with E-state index in [-0.39, 0.29) is 28.5 Å². The van der Waals surface area contributed by atoms with Crippen molar-refractivity contribution in [3.63, 3.8) is 0 Å². The maximum absolute atomic E-state index is 13.0. The van der Waals surface area contributed by atoms with E-state index < -0.39 is 11.2 Å². The van der Waals surface area contributed by atoms with Gasteiger partial charge in [0.1, 0.15) is 0 Å². The third kappa shape index (κ3) is 2.51. The molecular formula is C20H28O4. The number of Topliss-reactive ketones (excluding diaryl/α,β-unsaturated/α-hetero) is 2. The highest BCUT2D eigenvalue weighted by Gasteiger charge is 2.59. The van der Waals surface area contributed by atoms with Gasteiger partial charge in [0, 0.05) is 11.5 Å². The summed E-state index contributed by atoms with van der Waals surface area (Å²) in [5.74, 6) is -0.121. The highest BCUT2D eigenvalue weighted by molar-refractivity contribution is 6.19. The summed E-state index contributed by atoms with van der Waals surface area (Å²) in [6.45, 7) is 9.51. The maximum Gasteiger partial charge on any atom is 0.188 e. The number of fused-ring (bicyclic) bond motifs is 2. The Morgan fingerprint density at radius 3 is 2.33 bits per heavy atom. The molecule has 1 fully saturated rings. The van der Waals surface area contributed by atoms with Crippen LogP contribution in [0.4, 0.5) is 0 Å². The van der Waals surface area contributed by atoms with Gasteiger partial charge in [-0.2, -0.15) is 0 Å². The van der Waals surface area contributed by atoms with Gasteiger partial charge in [0.15, 0.2) is 17.2 Å². The lowest BCUT2D eigenvalue weighted by molar-refractivity contribution is -0.135. The van der Waals surface area contributed by atoms with Crippen molar-refractivity contribution in [1.29, 1.82) is 0 Å². The van der Waals surface area contributed by atoms with Crippen molar-refractivity contribution in [2.24, 2.45) is 23.2 Å². The van der Waals surface area contributed by atoms with E-state index in [1.807, 2.05) is 6.92 Å². The van der Waals surface area contributed by atoms with E-state index in [4.69, 9.17) is 0 Å². The van der Waals surface area contributed by atoms with Crippen molar-refractivity contribution >= 4 is 11.6 Å². The predicted octanol–water partition coefficient (Wildman–Crippen LogP) is 2.59. The fourth-order valence-electron chi connectivity index (χ4n) is 4.81. The smallest absolute Gasteiger partial charge is 0.188 e. The lowest BCUT2D eigenvalue weighted by Crippen LogP contribution is -2.42. The number of aliphatic hydroxyl groups is 2. The molecule has 0 bridgehead atoms. The molecule has 2 N–H and O–H groups in total. The van der Waals surface area contributed by atoms with Crippen LogP contribution in [0.25, 0.3) is 0 Å². The van der Waals surface area contributed by atoms with Crippen LogP contribution in [0, 0.1) is 23.2 Å². The molecule has 5 atom stereocenters. The lowest BCUT2D eigenvalue weighted by Gasteiger charge is -2.27. The van der Waals surface area contributed by atoms with E-state index in [2.05, 4.69) is 13.8 Å². The van der Waals surface area contributed by atoms with Gasteiger partial charge in [-0.3, -0.25) is 9.59 Å². The van der Waals surface area contributed by atoms with Gasteiger partial charge in [-0.25, -0.2) is 0 Å². The third-order valence-electron chi connectivity index (χ3n) is 6.57. The van der Waals surface area contributed by atoms with Gasteiger partial charge >= 0.3 is 0 Å². The highest BCUT2D eigenvalue weighted by Crippen LogP contribution is 2.63. The molecule has 132 valence electrons. The number of hydrogen-bond donors (Lipinski definition) is 2. The molecule has 0 aliphatic heterocycles. The Morgan fingerprint density at radius 2 is 1.71 bits per heavy atom. The minimum Gasteiger partial charge on any atom is -0.386 e. The molecule has 0 radical (unpaired) electrons. The van der Waals surface area contributed by atoms with Crippen molar-refractivity contribution in [3.05, 3.63) is 23.3 Å². The minimum absolute atomic E-state index is 0.0247. The van der Waals surface area contributed by atoms with Crippen LogP contribution >= 0.6 is 0 Å².